The first-order valence-corrected chi connectivity index (χ1v) is 7.45. The standard InChI is InChI=1S/C16H24N2O2/c1-2-20-11-3-4-16(19)18(15-9-10-15)14-7-5-13(12-17)6-8-14/h5-8,15H,2-4,9-12,17H2,1H3. The third-order valence-corrected chi connectivity index (χ3v) is 3.51. The molecule has 1 amide bonds. The average Bonchev–Trinajstić information content (AvgIpc) is 3.29. The summed E-state index contributed by atoms with van der Waals surface area (Å²) < 4.78 is 5.29. The predicted molar refractivity (Wildman–Crippen MR) is 80.6 cm³/mol. The molecule has 2 rings (SSSR count). The molecule has 4 nitrogen and oxygen atoms in total. The van der Waals surface area contributed by atoms with E-state index in [0.29, 0.717) is 32.2 Å². The van der Waals surface area contributed by atoms with E-state index in [2.05, 4.69) is 0 Å². The maximum absolute atomic E-state index is 12.4. The maximum atomic E-state index is 12.4. The normalized spacial score (nSPS) is 14.3. The van der Waals surface area contributed by atoms with Crippen molar-refractivity contribution in [2.75, 3.05) is 18.1 Å². The first-order chi connectivity index (χ1) is 9.76. The lowest BCUT2D eigenvalue weighted by molar-refractivity contribution is -0.119. The highest BCUT2D eigenvalue weighted by molar-refractivity contribution is 5.94. The second kappa shape index (κ2) is 7.41. The number of benzene rings is 1. The summed E-state index contributed by atoms with van der Waals surface area (Å²) in [5.41, 5.74) is 7.69. The van der Waals surface area contributed by atoms with Crippen molar-refractivity contribution in [3.63, 3.8) is 0 Å². The molecular weight excluding hydrogens is 252 g/mol. The van der Waals surface area contributed by atoms with Crippen molar-refractivity contribution >= 4 is 11.6 Å². The quantitative estimate of drug-likeness (QED) is 0.742. The van der Waals surface area contributed by atoms with Crippen molar-refractivity contribution in [2.45, 2.75) is 45.2 Å². The van der Waals surface area contributed by atoms with Crippen LogP contribution in [0.5, 0.6) is 0 Å². The summed E-state index contributed by atoms with van der Waals surface area (Å²) >= 11 is 0. The molecule has 1 aromatic carbocycles. The second-order valence-electron chi connectivity index (χ2n) is 5.17. The number of rotatable bonds is 8. The first-order valence-electron chi connectivity index (χ1n) is 7.45. The lowest BCUT2D eigenvalue weighted by Gasteiger charge is -2.23. The van der Waals surface area contributed by atoms with Gasteiger partial charge >= 0.3 is 0 Å². The Morgan fingerprint density at radius 2 is 2.05 bits per heavy atom. The second-order valence-corrected chi connectivity index (χ2v) is 5.17. The van der Waals surface area contributed by atoms with Gasteiger partial charge in [-0.2, -0.15) is 0 Å². The molecule has 0 aliphatic heterocycles. The van der Waals surface area contributed by atoms with Crippen LogP contribution in [0.2, 0.25) is 0 Å². The van der Waals surface area contributed by atoms with E-state index < -0.39 is 0 Å². The smallest absolute Gasteiger partial charge is 0.227 e. The molecule has 0 saturated heterocycles. The van der Waals surface area contributed by atoms with Crippen LogP contribution in [0.3, 0.4) is 0 Å². The highest BCUT2D eigenvalue weighted by Gasteiger charge is 2.33. The molecule has 0 atom stereocenters. The number of ether oxygens (including phenoxy) is 1. The van der Waals surface area contributed by atoms with Gasteiger partial charge in [0.25, 0.3) is 0 Å². The van der Waals surface area contributed by atoms with E-state index in [0.717, 1.165) is 30.5 Å². The highest BCUT2D eigenvalue weighted by Crippen LogP contribution is 2.32. The summed E-state index contributed by atoms with van der Waals surface area (Å²) in [4.78, 5) is 14.3. The van der Waals surface area contributed by atoms with E-state index in [1.165, 1.54) is 0 Å². The molecule has 1 aliphatic carbocycles. The van der Waals surface area contributed by atoms with Crippen LogP contribution in [0.1, 0.15) is 38.2 Å². The van der Waals surface area contributed by atoms with Gasteiger partial charge in [0, 0.05) is 37.9 Å². The molecule has 1 fully saturated rings. The summed E-state index contributed by atoms with van der Waals surface area (Å²) in [6.45, 7) is 3.87. The number of amides is 1. The zero-order valence-electron chi connectivity index (χ0n) is 12.2. The summed E-state index contributed by atoms with van der Waals surface area (Å²) in [6, 6.07) is 8.39. The van der Waals surface area contributed by atoms with Gasteiger partial charge < -0.3 is 15.4 Å². The fraction of sp³-hybridized carbons (Fsp3) is 0.562. The summed E-state index contributed by atoms with van der Waals surface area (Å²) in [6.07, 6.45) is 3.55. The van der Waals surface area contributed by atoms with Crippen LogP contribution in [0, 0.1) is 0 Å². The van der Waals surface area contributed by atoms with Crippen LogP contribution in [0.25, 0.3) is 0 Å². The molecular formula is C16H24N2O2. The summed E-state index contributed by atoms with van der Waals surface area (Å²) in [7, 11) is 0. The van der Waals surface area contributed by atoms with Crippen LogP contribution in [-0.2, 0) is 16.1 Å². The molecule has 4 heteroatoms. The van der Waals surface area contributed by atoms with Gasteiger partial charge in [-0.05, 0) is 43.9 Å². The number of anilines is 1. The van der Waals surface area contributed by atoms with Gasteiger partial charge in [-0.3, -0.25) is 4.79 Å². The molecule has 0 spiro atoms. The minimum atomic E-state index is 0.202. The molecule has 0 heterocycles. The van der Waals surface area contributed by atoms with Crippen LogP contribution < -0.4 is 10.6 Å². The van der Waals surface area contributed by atoms with E-state index >= 15 is 0 Å². The Balaban J connectivity index is 1.97. The van der Waals surface area contributed by atoms with E-state index in [4.69, 9.17) is 10.5 Å². The zero-order chi connectivity index (χ0) is 14.4. The van der Waals surface area contributed by atoms with E-state index in [-0.39, 0.29) is 5.91 Å². The molecule has 1 aliphatic rings. The molecule has 0 aromatic heterocycles. The molecule has 110 valence electrons. The topological polar surface area (TPSA) is 55.6 Å². The van der Waals surface area contributed by atoms with Crippen LogP contribution >= 0.6 is 0 Å². The van der Waals surface area contributed by atoms with Crippen molar-refractivity contribution in [1.29, 1.82) is 0 Å². The molecule has 1 aromatic rings. The number of carbonyl (C=O) groups is 1. The third kappa shape index (κ3) is 4.05. The fourth-order valence-corrected chi connectivity index (χ4v) is 2.27. The molecule has 0 unspecified atom stereocenters. The lowest BCUT2D eigenvalue weighted by Crippen LogP contribution is -2.33. The highest BCUT2D eigenvalue weighted by atomic mass is 16.5. The summed E-state index contributed by atoms with van der Waals surface area (Å²) in [5.74, 6) is 0.202. The van der Waals surface area contributed by atoms with Gasteiger partial charge in [0.05, 0.1) is 0 Å². The Morgan fingerprint density at radius 1 is 1.35 bits per heavy atom. The average molecular weight is 276 g/mol. The Labute approximate surface area is 120 Å². The van der Waals surface area contributed by atoms with E-state index in [9.17, 15) is 4.79 Å². The number of hydrogen-bond donors (Lipinski definition) is 1. The SMILES string of the molecule is CCOCCCC(=O)N(c1ccc(CN)cc1)C1CC1. The Morgan fingerprint density at radius 3 is 2.60 bits per heavy atom. The van der Waals surface area contributed by atoms with Gasteiger partial charge in [-0.25, -0.2) is 0 Å². The van der Waals surface area contributed by atoms with Crippen LogP contribution in [0.4, 0.5) is 5.69 Å². The number of carbonyl (C=O) groups excluding carboxylic acids is 1. The predicted octanol–water partition coefficient (Wildman–Crippen LogP) is 2.46. The zero-order valence-corrected chi connectivity index (χ0v) is 12.2. The molecule has 2 N–H and O–H groups in total. The van der Waals surface area contributed by atoms with Gasteiger partial charge in [0.15, 0.2) is 0 Å². The van der Waals surface area contributed by atoms with Crippen molar-refractivity contribution < 1.29 is 9.53 Å². The van der Waals surface area contributed by atoms with E-state index in [1.807, 2.05) is 36.1 Å². The molecule has 1 saturated carbocycles. The van der Waals surface area contributed by atoms with Crippen molar-refractivity contribution in [3.8, 4) is 0 Å². The minimum absolute atomic E-state index is 0.202. The van der Waals surface area contributed by atoms with Gasteiger partial charge in [0.1, 0.15) is 0 Å². The summed E-state index contributed by atoms with van der Waals surface area (Å²) in [5, 5.41) is 0. The van der Waals surface area contributed by atoms with Gasteiger partial charge in [0.2, 0.25) is 5.91 Å². The first kappa shape index (κ1) is 15.0. The fourth-order valence-electron chi connectivity index (χ4n) is 2.27. The Bertz CT molecular complexity index is 427. The van der Waals surface area contributed by atoms with Crippen LogP contribution in [-0.4, -0.2) is 25.2 Å². The lowest BCUT2D eigenvalue weighted by atomic mass is 10.1. The number of hydrogen-bond acceptors (Lipinski definition) is 3. The minimum Gasteiger partial charge on any atom is -0.382 e. The van der Waals surface area contributed by atoms with Crippen LogP contribution in [0.15, 0.2) is 24.3 Å². The Kier molecular flexibility index (Phi) is 5.56. The van der Waals surface area contributed by atoms with E-state index in [1.54, 1.807) is 0 Å². The van der Waals surface area contributed by atoms with Crippen molar-refractivity contribution in [2.24, 2.45) is 5.73 Å². The largest absolute Gasteiger partial charge is 0.382 e. The molecule has 20 heavy (non-hydrogen) atoms. The third-order valence-electron chi connectivity index (χ3n) is 3.51. The Hall–Kier alpha value is -1.39. The number of nitrogens with zero attached hydrogens (tertiary/aromatic N) is 1. The van der Waals surface area contributed by atoms with Crippen molar-refractivity contribution in [1.82, 2.24) is 0 Å². The number of nitrogens with two attached hydrogens (primary N) is 1. The molecule has 0 radical (unpaired) electrons. The van der Waals surface area contributed by atoms with Gasteiger partial charge in [-0.1, -0.05) is 12.1 Å². The monoisotopic (exact) mass is 276 g/mol. The maximum Gasteiger partial charge on any atom is 0.227 e. The van der Waals surface area contributed by atoms with Crippen molar-refractivity contribution in [3.05, 3.63) is 29.8 Å². The van der Waals surface area contributed by atoms with Gasteiger partial charge in [-0.15, -0.1) is 0 Å². The molecule has 0 bridgehead atoms.